The van der Waals surface area contributed by atoms with Crippen molar-refractivity contribution in [3.8, 4) is 11.3 Å². The molecule has 0 radical (unpaired) electrons. The lowest BCUT2D eigenvalue weighted by molar-refractivity contribution is 1.21. The first kappa shape index (κ1) is 8.13. The molecular weight excluding hydrogens is 186 g/mol. The number of rotatable bonds is 1. The number of hydrogen-bond donors (Lipinski definition) is 1. The largest absolute Gasteiger partial charge is 0.398 e. The highest BCUT2D eigenvalue weighted by Gasteiger charge is 2.03. The van der Waals surface area contributed by atoms with Gasteiger partial charge in [0.1, 0.15) is 6.33 Å². The first-order valence-corrected chi connectivity index (χ1v) is 4.16. The molecule has 0 aliphatic rings. The molecule has 0 atom stereocenters. The second-order valence-electron chi connectivity index (χ2n) is 2.69. The third-order valence-electron chi connectivity index (χ3n) is 1.79. The number of nitrogens with zero attached hydrogens (tertiary/aromatic N) is 2. The van der Waals surface area contributed by atoms with Crippen LogP contribution in [0.2, 0.25) is 0 Å². The van der Waals surface area contributed by atoms with Crippen LogP contribution in [0, 0.1) is 0 Å². The van der Waals surface area contributed by atoms with Crippen molar-refractivity contribution in [2.24, 2.45) is 0 Å². The van der Waals surface area contributed by atoms with Crippen LogP contribution in [0.15, 0.2) is 36.8 Å². The molecule has 2 rings (SSSR count). The van der Waals surface area contributed by atoms with Crippen LogP contribution in [0.1, 0.15) is 0 Å². The van der Waals surface area contributed by atoms with Gasteiger partial charge in [-0.15, -0.1) is 0 Å². The van der Waals surface area contributed by atoms with Gasteiger partial charge < -0.3 is 5.73 Å². The zero-order valence-corrected chi connectivity index (χ0v) is 7.57. The summed E-state index contributed by atoms with van der Waals surface area (Å²) in [6.07, 6.45) is 3.25. The lowest BCUT2D eigenvalue weighted by Gasteiger charge is -1.99. The van der Waals surface area contributed by atoms with Crippen molar-refractivity contribution in [1.82, 2.24) is 9.07 Å². The van der Waals surface area contributed by atoms with E-state index in [0.29, 0.717) is 5.69 Å². The summed E-state index contributed by atoms with van der Waals surface area (Å²) in [4.78, 5) is 4.10. The van der Waals surface area contributed by atoms with Gasteiger partial charge in [-0.2, -0.15) is 0 Å². The van der Waals surface area contributed by atoms with Crippen LogP contribution in [0.5, 0.6) is 0 Å². The molecule has 2 N–H and O–H groups in total. The van der Waals surface area contributed by atoms with Crippen molar-refractivity contribution >= 4 is 17.5 Å². The number of nitrogen functional groups attached to an aromatic ring is 1. The highest BCUT2D eigenvalue weighted by Crippen LogP contribution is 2.23. The predicted molar refractivity (Wildman–Crippen MR) is 53.3 cm³/mol. The Bertz CT molecular complexity index is 422. The highest BCUT2D eigenvalue weighted by molar-refractivity contribution is 6.15. The quantitative estimate of drug-likeness (QED) is 0.706. The zero-order chi connectivity index (χ0) is 9.26. The van der Waals surface area contributed by atoms with Crippen molar-refractivity contribution in [3.05, 3.63) is 36.8 Å². The van der Waals surface area contributed by atoms with E-state index in [1.165, 1.54) is 10.4 Å². The maximum absolute atomic E-state index is 5.77. The molecule has 13 heavy (non-hydrogen) atoms. The van der Waals surface area contributed by atoms with Crippen LogP contribution in [-0.4, -0.2) is 9.07 Å². The van der Waals surface area contributed by atoms with E-state index >= 15 is 0 Å². The van der Waals surface area contributed by atoms with Crippen molar-refractivity contribution in [1.29, 1.82) is 0 Å². The molecule has 0 amide bonds. The Balaban J connectivity index is 2.52. The molecule has 0 unspecified atom stereocenters. The second-order valence-corrected chi connectivity index (χ2v) is 3.08. The van der Waals surface area contributed by atoms with E-state index in [1.807, 2.05) is 24.3 Å². The van der Waals surface area contributed by atoms with Gasteiger partial charge >= 0.3 is 0 Å². The van der Waals surface area contributed by atoms with Gasteiger partial charge in [0.05, 0.1) is 5.69 Å². The van der Waals surface area contributed by atoms with E-state index in [4.69, 9.17) is 17.5 Å². The van der Waals surface area contributed by atoms with Crippen molar-refractivity contribution in [2.75, 3.05) is 5.73 Å². The molecule has 0 aliphatic carbocycles. The number of aromatic nitrogens is 2. The van der Waals surface area contributed by atoms with Gasteiger partial charge in [-0.1, -0.05) is 18.2 Å². The lowest BCUT2D eigenvalue weighted by atomic mass is 10.1. The second kappa shape index (κ2) is 3.11. The summed E-state index contributed by atoms with van der Waals surface area (Å²) in [6, 6.07) is 7.55. The van der Waals surface area contributed by atoms with E-state index in [2.05, 4.69) is 4.98 Å². The molecule has 0 spiro atoms. The average molecular weight is 194 g/mol. The van der Waals surface area contributed by atoms with Gasteiger partial charge in [-0.25, -0.2) is 9.07 Å². The van der Waals surface area contributed by atoms with Crippen LogP contribution >= 0.6 is 11.8 Å². The monoisotopic (exact) mass is 193 g/mol. The van der Waals surface area contributed by atoms with E-state index in [1.54, 1.807) is 6.20 Å². The molecule has 4 heteroatoms. The number of benzene rings is 1. The summed E-state index contributed by atoms with van der Waals surface area (Å²) in [7, 11) is 0. The topological polar surface area (TPSA) is 43.8 Å². The molecule has 0 bridgehead atoms. The molecule has 0 saturated carbocycles. The summed E-state index contributed by atoms with van der Waals surface area (Å²) in [5.74, 6) is 0. The molecule has 0 aliphatic heterocycles. The highest BCUT2D eigenvalue weighted by atomic mass is 35.5. The van der Waals surface area contributed by atoms with E-state index in [0.717, 1.165) is 11.3 Å². The van der Waals surface area contributed by atoms with Crippen LogP contribution in [0.25, 0.3) is 11.3 Å². The van der Waals surface area contributed by atoms with Crippen LogP contribution in [0.4, 0.5) is 5.69 Å². The Labute approximate surface area is 80.9 Å². The van der Waals surface area contributed by atoms with Gasteiger partial charge in [-0.3, -0.25) is 0 Å². The first-order valence-electron chi connectivity index (χ1n) is 3.82. The minimum atomic E-state index is 0.706. The number of hydrogen-bond acceptors (Lipinski definition) is 2. The van der Waals surface area contributed by atoms with Crippen LogP contribution in [-0.2, 0) is 0 Å². The Morgan fingerprint density at radius 2 is 2.08 bits per heavy atom. The maximum atomic E-state index is 5.77. The average Bonchev–Trinajstić information content (AvgIpc) is 2.53. The summed E-state index contributed by atoms with van der Waals surface area (Å²) in [5.41, 5.74) is 8.17. The van der Waals surface area contributed by atoms with Gasteiger partial charge in [0.2, 0.25) is 0 Å². The molecule has 1 aromatic heterocycles. The Hall–Kier alpha value is -1.48. The van der Waals surface area contributed by atoms with E-state index in [9.17, 15) is 0 Å². The maximum Gasteiger partial charge on any atom is 0.111 e. The third-order valence-corrected chi connectivity index (χ3v) is 1.97. The zero-order valence-electron chi connectivity index (χ0n) is 6.81. The fraction of sp³-hybridized carbons (Fsp3) is 0. The summed E-state index contributed by atoms with van der Waals surface area (Å²) < 4.78 is 1.38. The minimum Gasteiger partial charge on any atom is -0.398 e. The van der Waals surface area contributed by atoms with E-state index < -0.39 is 0 Å². The molecule has 66 valence electrons. The Morgan fingerprint density at radius 3 is 2.69 bits per heavy atom. The van der Waals surface area contributed by atoms with Gasteiger partial charge in [-0.05, 0) is 6.07 Å². The normalized spacial score (nSPS) is 10.2. The summed E-state index contributed by atoms with van der Waals surface area (Å²) in [6.45, 7) is 0. The van der Waals surface area contributed by atoms with Gasteiger partial charge in [0, 0.05) is 29.2 Å². The SMILES string of the molecule is Nc1ccccc1-c1cn(Cl)cn1. The number of anilines is 1. The van der Waals surface area contributed by atoms with Crippen molar-refractivity contribution in [2.45, 2.75) is 0 Å². The molecule has 0 fully saturated rings. The summed E-state index contributed by atoms with van der Waals surface area (Å²) >= 11 is 5.68. The van der Waals surface area contributed by atoms with E-state index in [-0.39, 0.29) is 0 Å². The van der Waals surface area contributed by atoms with Crippen molar-refractivity contribution in [3.63, 3.8) is 0 Å². The van der Waals surface area contributed by atoms with Gasteiger partial charge in [0.15, 0.2) is 0 Å². The third kappa shape index (κ3) is 1.51. The molecular formula is C9H8ClN3. The fourth-order valence-electron chi connectivity index (χ4n) is 1.17. The molecule has 0 saturated heterocycles. The number of imidazole rings is 1. The number of para-hydroxylation sites is 1. The fourth-order valence-corrected chi connectivity index (χ4v) is 1.31. The van der Waals surface area contributed by atoms with Gasteiger partial charge in [0.25, 0.3) is 0 Å². The smallest absolute Gasteiger partial charge is 0.111 e. The minimum absolute atomic E-state index is 0.706. The Kier molecular flexibility index (Phi) is 1.94. The predicted octanol–water partition coefficient (Wildman–Crippen LogP) is 2.13. The molecule has 3 nitrogen and oxygen atoms in total. The number of halogens is 1. The van der Waals surface area contributed by atoms with Crippen LogP contribution < -0.4 is 5.73 Å². The summed E-state index contributed by atoms with van der Waals surface area (Å²) in [5, 5.41) is 0. The standard InChI is InChI=1S/C9H8ClN3/c10-13-5-9(12-6-13)7-3-1-2-4-8(7)11/h1-6H,11H2. The van der Waals surface area contributed by atoms with Crippen LogP contribution in [0.3, 0.4) is 0 Å². The molecule has 1 heterocycles. The lowest BCUT2D eigenvalue weighted by Crippen LogP contribution is -1.88. The molecule has 1 aromatic carbocycles. The van der Waals surface area contributed by atoms with Crippen molar-refractivity contribution < 1.29 is 0 Å². The Morgan fingerprint density at radius 1 is 1.31 bits per heavy atom. The molecule has 2 aromatic rings. The first-order chi connectivity index (χ1) is 6.27. The number of nitrogens with two attached hydrogens (primary N) is 1.